The average Bonchev–Trinajstić information content (AvgIpc) is 2.86. The SMILES string of the molecule is COCc1ccccc1-c1cc(Oc2c(C)cccc2Cl)nc(NSc2cccc([NH2+]O)c2)n1. The van der Waals surface area contributed by atoms with Crippen LogP contribution >= 0.6 is 23.5 Å². The first-order valence-corrected chi connectivity index (χ1v) is 11.7. The molecule has 0 aliphatic rings. The first kappa shape index (κ1) is 24.0. The number of ether oxygens (including phenoxy) is 2. The van der Waals surface area contributed by atoms with Crippen molar-refractivity contribution in [1.29, 1.82) is 0 Å². The Balaban J connectivity index is 1.71. The van der Waals surface area contributed by atoms with Crippen molar-refractivity contribution in [2.75, 3.05) is 11.8 Å². The number of hydrogen-bond donors (Lipinski definition) is 3. The van der Waals surface area contributed by atoms with Crippen LogP contribution in [0.25, 0.3) is 11.3 Å². The summed E-state index contributed by atoms with van der Waals surface area (Å²) in [5.41, 5.74) is 5.25. The van der Waals surface area contributed by atoms with Gasteiger partial charge in [0.05, 0.1) is 17.3 Å². The van der Waals surface area contributed by atoms with Gasteiger partial charge in [0.25, 0.3) is 0 Å². The first-order valence-electron chi connectivity index (χ1n) is 10.5. The molecule has 0 radical (unpaired) electrons. The third kappa shape index (κ3) is 5.85. The molecule has 7 nitrogen and oxygen atoms in total. The largest absolute Gasteiger partial charge is 0.437 e. The minimum atomic E-state index is 0.356. The molecule has 0 atom stereocenters. The number of aromatic nitrogens is 2. The maximum Gasteiger partial charge on any atom is 0.237 e. The second kappa shape index (κ2) is 11.3. The highest BCUT2D eigenvalue weighted by Crippen LogP contribution is 2.34. The minimum absolute atomic E-state index is 0.356. The zero-order valence-corrected chi connectivity index (χ0v) is 20.2. The highest BCUT2D eigenvalue weighted by atomic mass is 35.5. The smallest absolute Gasteiger partial charge is 0.237 e. The summed E-state index contributed by atoms with van der Waals surface area (Å²) in [6.07, 6.45) is 0. The predicted octanol–water partition coefficient (Wildman–Crippen LogP) is 5.75. The van der Waals surface area contributed by atoms with Gasteiger partial charge in [0.2, 0.25) is 11.8 Å². The number of quaternary nitrogens is 1. The Bertz CT molecular complexity index is 1270. The van der Waals surface area contributed by atoms with E-state index in [0.717, 1.165) is 27.1 Å². The third-order valence-corrected chi connectivity index (χ3v) is 6.01. The first-order chi connectivity index (χ1) is 16.6. The van der Waals surface area contributed by atoms with Crippen LogP contribution in [0.5, 0.6) is 11.6 Å². The van der Waals surface area contributed by atoms with Gasteiger partial charge in [-0.3, -0.25) is 4.72 Å². The van der Waals surface area contributed by atoms with E-state index < -0.39 is 0 Å². The van der Waals surface area contributed by atoms with Crippen molar-refractivity contribution in [2.24, 2.45) is 0 Å². The number of rotatable bonds is 9. The van der Waals surface area contributed by atoms with E-state index in [0.29, 0.717) is 40.6 Å². The molecular weight excluding hydrogens is 472 g/mol. The van der Waals surface area contributed by atoms with Gasteiger partial charge in [-0.05, 0) is 42.1 Å². The molecule has 1 aromatic heterocycles. The second-order valence-electron chi connectivity index (χ2n) is 7.40. The molecule has 9 heteroatoms. The number of anilines is 1. The van der Waals surface area contributed by atoms with Crippen LogP contribution in [0.15, 0.2) is 77.7 Å². The van der Waals surface area contributed by atoms with Crippen LogP contribution in [-0.4, -0.2) is 22.3 Å². The fraction of sp³-hybridized carbons (Fsp3) is 0.120. The Labute approximate surface area is 207 Å². The van der Waals surface area contributed by atoms with Gasteiger partial charge in [-0.2, -0.15) is 10.5 Å². The van der Waals surface area contributed by atoms with Gasteiger partial charge in [0.1, 0.15) is 0 Å². The van der Waals surface area contributed by atoms with Crippen LogP contribution in [-0.2, 0) is 11.3 Å². The lowest BCUT2D eigenvalue weighted by Crippen LogP contribution is -2.73. The molecule has 0 aliphatic heterocycles. The van der Waals surface area contributed by atoms with Crippen molar-refractivity contribution < 1.29 is 20.2 Å². The van der Waals surface area contributed by atoms with E-state index in [9.17, 15) is 5.21 Å². The van der Waals surface area contributed by atoms with Crippen molar-refractivity contribution in [3.8, 4) is 22.9 Å². The number of nitrogens with one attached hydrogen (secondary N) is 1. The molecule has 34 heavy (non-hydrogen) atoms. The number of nitrogens with zero attached hydrogens (tertiary/aromatic N) is 2. The summed E-state index contributed by atoms with van der Waals surface area (Å²) < 4.78 is 14.7. The molecule has 0 amide bonds. The summed E-state index contributed by atoms with van der Waals surface area (Å²) in [4.78, 5) is 10.2. The number of nitrogens with two attached hydrogens (primary N) is 1. The highest BCUT2D eigenvalue weighted by molar-refractivity contribution is 8.00. The Kier molecular flexibility index (Phi) is 7.99. The lowest BCUT2D eigenvalue weighted by molar-refractivity contribution is -0.825. The van der Waals surface area contributed by atoms with E-state index in [1.807, 2.05) is 67.6 Å². The van der Waals surface area contributed by atoms with Gasteiger partial charge < -0.3 is 9.47 Å². The topological polar surface area (TPSA) is 93.1 Å². The lowest BCUT2D eigenvalue weighted by atomic mass is 10.0. The summed E-state index contributed by atoms with van der Waals surface area (Å²) in [7, 11) is 1.66. The van der Waals surface area contributed by atoms with Gasteiger partial charge in [-0.1, -0.05) is 54.1 Å². The van der Waals surface area contributed by atoms with Crippen LogP contribution in [0.2, 0.25) is 5.02 Å². The number of hydrogen-bond acceptors (Lipinski definition) is 7. The monoisotopic (exact) mass is 495 g/mol. The number of benzene rings is 3. The summed E-state index contributed by atoms with van der Waals surface area (Å²) in [5.74, 6) is 1.27. The van der Waals surface area contributed by atoms with Crippen molar-refractivity contribution in [3.63, 3.8) is 0 Å². The van der Waals surface area contributed by atoms with Gasteiger partial charge in [0, 0.05) is 35.8 Å². The van der Waals surface area contributed by atoms with Crippen LogP contribution in [0.1, 0.15) is 11.1 Å². The molecule has 0 aliphatic carbocycles. The Morgan fingerprint density at radius 1 is 1.03 bits per heavy atom. The van der Waals surface area contributed by atoms with Gasteiger partial charge in [-0.15, -0.1) is 0 Å². The normalized spacial score (nSPS) is 10.8. The van der Waals surface area contributed by atoms with Crippen LogP contribution in [0.4, 0.5) is 11.6 Å². The van der Waals surface area contributed by atoms with Gasteiger partial charge in [0.15, 0.2) is 11.4 Å². The number of para-hydroxylation sites is 1. The van der Waals surface area contributed by atoms with Crippen molar-refractivity contribution in [2.45, 2.75) is 18.4 Å². The fourth-order valence-corrected chi connectivity index (χ4v) is 4.23. The van der Waals surface area contributed by atoms with Crippen LogP contribution in [0, 0.1) is 6.92 Å². The second-order valence-corrected chi connectivity index (χ2v) is 8.69. The molecule has 0 spiro atoms. The molecule has 0 bridgehead atoms. The fourth-order valence-electron chi connectivity index (χ4n) is 3.33. The Morgan fingerprint density at radius 2 is 1.85 bits per heavy atom. The van der Waals surface area contributed by atoms with E-state index >= 15 is 0 Å². The standard InChI is InChI=1S/C25H23ClN4O3S/c1-16-7-5-12-21(26)24(16)33-23-14-22(20-11-4-3-8-17(20)15-32-2)27-25(28-23)30-34-19-10-6-9-18(13-19)29-31/h3-14,29,31H,15H2,1-2H3,(H,27,28,30)/p+1. The Morgan fingerprint density at radius 3 is 2.65 bits per heavy atom. The zero-order valence-electron chi connectivity index (χ0n) is 18.7. The molecule has 0 saturated heterocycles. The summed E-state index contributed by atoms with van der Waals surface area (Å²) in [6.45, 7) is 2.37. The minimum Gasteiger partial charge on any atom is -0.437 e. The predicted molar refractivity (Wildman–Crippen MR) is 134 cm³/mol. The average molecular weight is 496 g/mol. The molecule has 0 fully saturated rings. The van der Waals surface area contributed by atoms with E-state index in [-0.39, 0.29) is 0 Å². The van der Waals surface area contributed by atoms with E-state index in [1.54, 1.807) is 19.2 Å². The lowest BCUT2D eigenvalue weighted by Gasteiger charge is -2.14. The molecule has 3 aromatic carbocycles. The molecule has 4 rings (SSSR count). The molecule has 4 N–H and O–H groups in total. The molecule has 0 unspecified atom stereocenters. The van der Waals surface area contributed by atoms with Gasteiger partial charge in [-0.25, -0.2) is 10.2 Å². The molecule has 4 aromatic rings. The van der Waals surface area contributed by atoms with E-state index in [1.165, 1.54) is 11.9 Å². The quantitative estimate of drug-likeness (QED) is 0.155. The van der Waals surface area contributed by atoms with Gasteiger partial charge >= 0.3 is 0 Å². The highest BCUT2D eigenvalue weighted by Gasteiger charge is 2.14. The maximum atomic E-state index is 9.28. The Hall–Kier alpha value is -3.14. The van der Waals surface area contributed by atoms with Crippen molar-refractivity contribution >= 4 is 35.2 Å². The summed E-state index contributed by atoms with van der Waals surface area (Å²) in [5, 5.41) is 9.78. The zero-order chi connectivity index (χ0) is 23.9. The van der Waals surface area contributed by atoms with Crippen LogP contribution in [0.3, 0.4) is 0 Å². The number of methoxy groups -OCH3 is 1. The molecule has 0 saturated carbocycles. The number of halogens is 1. The van der Waals surface area contributed by atoms with Crippen LogP contribution < -0.4 is 14.9 Å². The van der Waals surface area contributed by atoms with E-state index in [4.69, 9.17) is 26.1 Å². The maximum absolute atomic E-state index is 9.28. The number of aryl methyl sites for hydroxylation is 1. The molecule has 174 valence electrons. The molecular formula is C25H24ClN4O3S+. The summed E-state index contributed by atoms with van der Waals surface area (Å²) in [6, 6.07) is 22.7. The third-order valence-electron chi connectivity index (χ3n) is 4.93. The molecule has 1 heterocycles. The van der Waals surface area contributed by atoms with Crippen molar-refractivity contribution in [1.82, 2.24) is 9.97 Å². The van der Waals surface area contributed by atoms with Crippen molar-refractivity contribution in [3.05, 3.63) is 88.9 Å². The van der Waals surface area contributed by atoms with E-state index in [2.05, 4.69) is 9.71 Å². The summed E-state index contributed by atoms with van der Waals surface area (Å²) >= 11 is 7.71.